The van der Waals surface area contributed by atoms with Crippen molar-refractivity contribution in [2.45, 2.75) is 74.7 Å². The quantitative estimate of drug-likeness (QED) is 0.641. The number of aliphatic hydroxyl groups excluding tert-OH is 1. The van der Waals surface area contributed by atoms with Crippen LogP contribution in [0.1, 0.15) is 51.9 Å². The van der Waals surface area contributed by atoms with Gasteiger partial charge in [0.25, 0.3) is 0 Å². The molecule has 7 nitrogen and oxygen atoms in total. The van der Waals surface area contributed by atoms with E-state index in [0.29, 0.717) is 44.7 Å². The van der Waals surface area contributed by atoms with Crippen LogP contribution < -0.4 is 11.1 Å². The number of nitrogens with one attached hydrogen (secondary N) is 1. The Bertz CT molecular complexity index is 573. The number of amides is 2. The van der Waals surface area contributed by atoms with Crippen LogP contribution >= 0.6 is 11.8 Å². The Labute approximate surface area is 165 Å². The number of ether oxygens (including phenoxy) is 1. The molecule has 4 N–H and O–H groups in total. The summed E-state index contributed by atoms with van der Waals surface area (Å²) in [5, 5.41) is 14.1. The maximum atomic E-state index is 12.9. The molecule has 3 aliphatic rings. The lowest BCUT2D eigenvalue weighted by Gasteiger charge is -2.54. The highest BCUT2D eigenvalue weighted by molar-refractivity contribution is 7.99. The zero-order valence-electron chi connectivity index (χ0n) is 16.5. The molecular weight excluding hydrogens is 366 g/mol. The molecule has 2 saturated heterocycles. The van der Waals surface area contributed by atoms with Crippen LogP contribution in [0.2, 0.25) is 0 Å². The molecule has 0 radical (unpaired) electrons. The minimum Gasteiger partial charge on any atom is -0.388 e. The number of thioether (sulfide) groups is 1. The van der Waals surface area contributed by atoms with Crippen LogP contribution in [0.5, 0.6) is 0 Å². The van der Waals surface area contributed by atoms with Crippen LogP contribution in [-0.2, 0) is 14.3 Å². The first-order valence-corrected chi connectivity index (χ1v) is 11.3. The molecule has 3 rings (SSSR count). The monoisotopic (exact) mass is 399 g/mol. The first kappa shape index (κ1) is 20.9. The summed E-state index contributed by atoms with van der Waals surface area (Å²) in [5.74, 6) is 0.341. The summed E-state index contributed by atoms with van der Waals surface area (Å²) in [5.41, 5.74) is 4.20. The molecule has 8 heteroatoms. The van der Waals surface area contributed by atoms with Crippen LogP contribution in [0.15, 0.2) is 0 Å². The number of nitrogens with zero attached hydrogens (tertiary/aromatic N) is 1. The second kappa shape index (κ2) is 7.89. The van der Waals surface area contributed by atoms with Crippen LogP contribution in [-0.4, -0.2) is 76.3 Å². The third kappa shape index (κ3) is 3.99. The van der Waals surface area contributed by atoms with E-state index in [0.717, 1.165) is 25.7 Å². The summed E-state index contributed by atoms with van der Waals surface area (Å²) in [7, 11) is 0. The van der Waals surface area contributed by atoms with Gasteiger partial charge in [0, 0.05) is 19.7 Å². The highest BCUT2D eigenvalue weighted by atomic mass is 32.2. The summed E-state index contributed by atoms with van der Waals surface area (Å²) in [6.07, 6.45) is 6.30. The first-order valence-electron chi connectivity index (χ1n) is 9.95. The van der Waals surface area contributed by atoms with E-state index < -0.39 is 22.8 Å². The van der Waals surface area contributed by atoms with Gasteiger partial charge in [0.2, 0.25) is 11.8 Å². The van der Waals surface area contributed by atoms with Gasteiger partial charge in [-0.05, 0) is 45.3 Å². The molecule has 0 aromatic carbocycles. The second-order valence-corrected chi connectivity index (χ2v) is 9.49. The maximum Gasteiger partial charge on any atom is 0.242 e. The molecule has 0 bridgehead atoms. The van der Waals surface area contributed by atoms with E-state index in [9.17, 15) is 14.7 Å². The second-order valence-electron chi connectivity index (χ2n) is 8.62. The van der Waals surface area contributed by atoms with Crippen molar-refractivity contribution in [3.05, 3.63) is 0 Å². The van der Waals surface area contributed by atoms with Crippen molar-refractivity contribution >= 4 is 23.6 Å². The van der Waals surface area contributed by atoms with Gasteiger partial charge in [0.05, 0.1) is 22.4 Å². The van der Waals surface area contributed by atoms with Crippen molar-refractivity contribution in [3.8, 4) is 0 Å². The molecule has 1 aliphatic carbocycles. The van der Waals surface area contributed by atoms with E-state index in [-0.39, 0.29) is 11.8 Å². The molecular formula is C19H33N3O4S. The molecule has 2 atom stereocenters. The van der Waals surface area contributed by atoms with Crippen molar-refractivity contribution in [2.75, 3.05) is 31.7 Å². The summed E-state index contributed by atoms with van der Waals surface area (Å²) >= 11 is 1.46. The molecule has 3 fully saturated rings. The maximum absolute atomic E-state index is 12.9. The molecule has 1 spiro atoms. The number of hydrogen-bond donors (Lipinski definition) is 3. The summed E-state index contributed by atoms with van der Waals surface area (Å²) in [6.45, 7) is 3.44. The number of likely N-dealkylation sites (tertiary alicyclic amines) is 1. The van der Waals surface area contributed by atoms with E-state index in [1.54, 1.807) is 0 Å². The highest BCUT2D eigenvalue weighted by Crippen LogP contribution is 2.41. The molecule has 2 heterocycles. The van der Waals surface area contributed by atoms with Crippen LogP contribution in [0.3, 0.4) is 0 Å². The standard InChI is InChI=1S/C19H33N3O4S/c1-17(21-14(23)13-27-2)9-12-26-19(15(17)24)7-10-22(11-8-19)16(25)18(20)5-3-4-6-18/h15,24H,3-13,20H2,1-2H3,(H,21,23)/t15-,17+/m0/s1. The van der Waals surface area contributed by atoms with Gasteiger partial charge in [-0.25, -0.2) is 0 Å². The van der Waals surface area contributed by atoms with Crippen LogP contribution in [0, 0.1) is 0 Å². The summed E-state index contributed by atoms with van der Waals surface area (Å²) in [6, 6.07) is 0. The molecule has 0 aromatic rings. The van der Waals surface area contributed by atoms with Crippen molar-refractivity contribution < 1.29 is 19.4 Å². The number of aliphatic hydroxyl groups is 1. The molecule has 0 aromatic heterocycles. The van der Waals surface area contributed by atoms with E-state index in [1.165, 1.54) is 11.8 Å². The third-order valence-electron chi connectivity index (χ3n) is 6.63. The Morgan fingerprint density at radius 2 is 1.85 bits per heavy atom. The molecule has 1 saturated carbocycles. The average molecular weight is 400 g/mol. The van der Waals surface area contributed by atoms with Gasteiger partial charge < -0.3 is 25.8 Å². The lowest BCUT2D eigenvalue weighted by atomic mass is 9.73. The van der Waals surface area contributed by atoms with Crippen molar-refractivity contribution in [1.82, 2.24) is 10.2 Å². The average Bonchev–Trinajstić information content (AvgIpc) is 3.08. The number of nitrogens with two attached hydrogens (primary N) is 1. The number of rotatable bonds is 4. The lowest BCUT2D eigenvalue weighted by Crippen LogP contribution is -2.70. The fourth-order valence-corrected chi connectivity index (χ4v) is 5.25. The third-order valence-corrected chi connectivity index (χ3v) is 7.18. The van der Waals surface area contributed by atoms with E-state index in [4.69, 9.17) is 10.5 Å². The first-order chi connectivity index (χ1) is 12.7. The molecule has 0 unspecified atom stereocenters. The summed E-state index contributed by atoms with van der Waals surface area (Å²) in [4.78, 5) is 26.8. The fourth-order valence-electron chi connectivity index (χ4n) is 4.92. The van der Waals surface area contributed by atoms with Crippen molar-refractivity contribution in [2.24, 2.45) is 5.73 Å². The molecule has 2 aliphatic heterocycles. The number of carbonyl (C=O) groups is 2. The molecule has 2 amide bonds. The van der Waals surface area contributed by atoms with Crippen molar-refractivity contribution in [1.29, 1.82) is 0 Å². The fraction of sp³-hybridized carbons (Fsp3) is 0.895. The zero-order chi connectivity index (χ0) is 19.7. The van der Waals surface area contributed by atoms with E-state index in [1.807, 2.05) is 18.1 Å². The Hall–Kier alpha value is -0.830. The number of hydrogen-bond acceptors (Lipinski definition) is 6. The lowest BCUT2D eigenvalue weighted by molar-refractivity contribution is -0.208. The Kier molecular flexibility index (Phi) is 6.11. The van der Waals surface area contributed by atoms with E-state index in [2.05, 4.69) is 5.32 Å². The SMILES string of the molecule is CSCC(=O)N[C@]1(C)CCOC2(CCN(C(=O)C3(N)CCCC3)CC2)[C@H]1O. The van der Waals surface area contributed by atoms with E-state index >= 15 is 0 Å². The van der Waals surface area contributed by atoms with Crippen LogP contribution in [0.4, 0.5) is 0 Å². The normalized spacial score (nSPS) is 32.4. The van der Waals surface area contributed by atoms with Gasteiger partial charge in [0.15, 0.2) is 0 Å². The molecule has 27 heavy (non-hydrogen) atoms. The number of piperidine rings is 1. The van der Waals surface area contributed by atoms with Gasteiger partial charge in [-0.15, -0.1) is 0 Å². The van der Waals surface area contributed by atoms with Gasteiger partial charge in [-0.2, -0.15) is 11.8 Å². The zero-order valence-corrected chi connectivity index (χ0v) is 17.3. The smallest absolute Gasteiger partial charge is 0.242 e. The minimum absolute atomic E-state index is 0.0381. The van der Waals surface area contributed by atoms with Crippen molar-refractivity contribution in [3.63, 3.8) is 0 Å². The van der Waals surface area contributed by atoms with Gasteiger partial charge in [0.1, 0.15) is 6.10 Å². The number of carbonyl (C=O) groups excluding carboxylic acids is 2. The predicted molar refractivity (Wildman–Crippen MR) is 105 cm³/mol. The minimum atomic E-state index is -0.805. The molecule has 154 valence electrons. The van der Waals surface area contributed by atoms with Gasteiger partial charge >= 0.3 is 0 Å². The summed E-state index contributed by atoms with van der Waals surface area (Å²) < 4.78 is 6.06. The van der Waals surface area contributed by atoms with Gasteiger partial charge in [-0.3, -0.25) is 9.59 Å². The Morgan fingerprint density at radius 1 is 1.22 bits per heavy atom. The largest absolute Gasteiger partial charge is 0.388 e. The topological polar surface area (TPSA) is 105 Å². The predicted octanol–water partition coefficient (Wildman–Crippen LogP) is 0.638. The highest BCUT2D eigenvalue weighted by Gasteiger charge is 2.54. The Morgan fingerprint density at radius 3 is 2.44 bits per heavy atom. The Balaban J connectivity index is 1.65. The van der Waals surface area contributed by atoms with Gasteiger partial charge in [-0.1, -0.05) is 12.8 Å². The van der Waals surface area contributed by atoms with Crippen LogP contribution in [0.25, 0.3) is 0 Å².